The number of rotatable bonds is 6. The molecular weight excluding hydrogens is 190 g/mol. The summed E-state index contributed by atoms with van der Waals surface area (Å²) in [4.78, 5) is 0. The Bertz CT molecular complexity index is 269. The average molecular weight is 209 g/mol. The second-order valence-electron chi connectivity index (χ2n) is 3.76. The third kappa shape index (κ3) is 5.40. The van der Waals surface area contributed by atoms with Gasteiger partial charge in [-0.1, -0.05) is 12.1 Å². The Morgan fingerprint density at radius 1 is 1.27 bits per heavy atom. The quantitative estimate of drug-likeness (QED) is 0.703. The highest BCUT2D eigenvalue weighted by atomic mass is 16.5. The van der Waals surface area contributed by atoms with Gasteiger partial charge in [0.05, 0.1) is 12.7 Å². The van der Waals surface area contributed by atoms with Crippen LogP contribution in [0.2, 0.25) is 0 Å². The van der Waals surface area contributed by atoms with Gasteiger partial charge in [0.1, 0.15) is 5.75 Å². The second kappa shape index (κ2) is 6.43. The molecule has 0 saturated carbocycles. The van der Waals surface area contributed by atoms with Crippen LogP contribution in [0.5, 0.6) is 5.75 Å². The van der Waals surface area contributed by atoms with Gasteiger partial charge < -0.3 is 15.2 Å². The zero-order valence-electron chi connectivity index (χ0n) is 9.36. The van der Waals surface area contributed by atoms with E-state index in [0.29, 0.717) is 11.9 Å². The predicted molar refractivity (Wildman–Crippen MR) is 60.9 cm³/mol. The van der Waals surface area contributed by atoms with Gasteiger partial charge in [0.2, 0.25) is 0 Å². The molecule has 0 aromatic heterocycles. The topological polar surface area (TPSA) is 41.5 Å². The molecular formula is C12H19NO2. The normalized spacial score (nSPS) is 10.9. The first kappa shape index (κ1) is 12.0. The van der Waals surface area contributed by atoms with E-state index in [1.54, 1.807) is 12.1 Å². The van der Waals surface area contributed by atoms with Crippen molar-refractivity contribution in [3.05, 3.63) is 29.8 Å². The van der Waals surface area contributed by atoms with Crippen molar-refractivity contribution < 1.29 is 9.84 Å². The van der Waals surface area contributed by atoms with Crippen molar-refractivity contribution >= 4 is 0 Å². The van der Waals surface area contributed by atoms with Crippen LogP contribution in [0.3, 0.4) is 0 Å². The van der Waals surface area contributed by atoms with Gasteiger partial charge >= 0.3 is 0 Å². The van der Waals surface area contributed by atoms with E-state index in [4.69, 9.17) is 9.84 Å². The summed E-state index contributed by atoms with van der Waals surface area (Å²) < 4.78 is 5.40. The van der Waals surface area contributed by atoms with E-state index < -0.39 is 0 Å². The predicted octanol–water partition coefficient (Wildman–Crippen LogP) is 1.91. The van der Waals surface area contributed by atoms with E-state index in [1.807, 2.05) is 26.0 Å². The third-order valence-electron chi connectivity index (χ3n) is 2.00. The van der Waals surface area contributed by atoms with Crippen molar-refractivity contribution in [2.24, 2.45) is 0 Å². The summed E-state index contributed by atoms with van der Waals surface area (Å²) in [6.07, 6.45) is 0.292. The summed E-state index contributed by atoms with van der Waals surface area (Å²) in [6, 6.07) is 7.21. The minimum atomic E-state index is 0.292. The highest BCUT2D eigenvalue weighted by molar-refractivity contribution is 5.25. The maximum Gasteiger partial charge on any atom is 0.115 e. The monoisotopic (exact) mass is 209 g/mol. The molecule has 1 rings (SSSR count). The maximum absolute atomic E-state index is 9.09. The fourth-order valence-electron chi connectivity index (χ4n) is 1.21. The third-order valence-corrected chi connectivity index (χ3v) is 2.00. The molecule has 15 heavy (non-hydrogen) atoms. The van der Waals surface area contributed by atoms with Crippen LogP contribution in [-0.4, -0.2) is 24.4 Å². The summed E-state index contributed by atoms with van der Waals surface area (Å²) in [6.45, 7) is 6.44. The number of phenolic OH excluding ortho intramolecular Hbond substituents is 1. The van der Waals surface area contributed by atoms with Crippen LogP contribution in [0.15, 0.2) is 24.3 Å². The molecule has 1 aromatic rings. The van der Waals surface area contributed by atoms with Crippen molar-refractivity contribution in [1.82, 2.24) is 5.32 Å². The molecule has 0 heterocycles. The Balaban J connectivity index is 2.12. The van der Waals surface area contributed by atoms with Gasteiger partial charge in [0, 0.05) is 13.1 Å². The molecule has 0 spiro atoms. The van der Waals surface area contributed by atoms with Crippen LogP contribution < -0.4 is 5.32 Å². The van der Waals surface area contributed by atoms with Gasteiger partial charge in [0.25, 0.3) is 0 Å². The highest BCUT2D eigenvalue weighted by Crippen LogP contribution is 2.08. The molecule has 0 radical (unpaired) electrons. The van der Waals surface area contributed by atoms with E-state index in [0.717, 1.165) is 25.3 Å². The molecule has 0 saturated heterocycles. The van der Waals surface area contributed by atoms with Crippen molar-refractivity contribution in [2.45, 2.75) is 26.5 Å². The van der Waals surface area contributed by atoms with Gasteiger partial charge in [-0.15, -0.1) is 0 Å². The van der Waals surface area contributed by atoms with Crippen LogP contribution in [-0.2, 0) is 11.3 Å². The lowest BCUT2D eigenvalue weighted by Gasteiger charge is -2.08. The highest BCUT2D eigenvalue weighted by Gasteiger charge is 1.94. The number of aromatic hydroxyl groups is 1. The summed E-state index contributed by atoms with van der Waals surface area (Å²) in [5.41, 5.74) is 1.16. The molecule has 0 aliphatic heterocycles. The van der Waals surface area contributed by atoms with E-state index in [-0.39, 0.29) is 0 Å². The van der Waals surface area contributed by atoms with E-state index in [1.165, 1.54) is 0 Å². The Hall–Kier alpha value is -1.06. The summed E-state index contributed by atoms with van der Waals surface area (Å²) in [5.74, 6) is 0.307. The number of ether oxygens (including phenoxy) is 1. The summed E-state index contributed by atoms with van der Waals surface area (Å²) >= 11 is 0. The van der Waals surface area contributed by atoms with Crippen molar-refractivity contribution in [3.63, 3.8) is 0 Å². The summed E-state index contributed by atoms with van der Waals surface area (Å²) in [5, 5.41) is 12.4. The number of hydrogen-bond donors (Lipinski definition) is 2. The van der Waals surface area contributed by atoms with Crippen LogP contribution in [0.25, 0.3) is 0 Å². The molecule has 2 N–H and O–H groups in total. The Morgan fingerprint density at radius 2 is 1.93 bits per heavy atom. The first-order valence-corrected chi connectivity index (χ1v) is 5.28. The Kier molecular flexibility index (Phi) is 5.15. The molecule has 0 amide bonds. The number of nitrogens with one attached hydrogen (secondary N) is 1. The molecule has 84 valence electrons. The van der Waals surface area contributed by atoms with Crippen LogP contribution >= 0.6 is 0 Å². The molecule has 0 aliphatic rings. The Labute approximate surface area is 91.1 Å². The lowest BCUT2D eigenvalue weighted by Crippen LogP contribution is -2.20. The van der Waals surface area contributed by atoms with Gasteiger partial charge in [-0.3, -0.25) is 0 Å². The molecule has 0 atom stereocenters. The van der Waals surface area contributed by atoms with Crippen LogP contribution in [0.4, 0.5) is 0 Å². The van der Waals surface area contributed by atoms with Gasteiger partial charge in [-0.2, -0.15) is 0 Å². The standard InChI is InChI=1S/C12H19NO2/c1-10(2)15-8-7-13-9-11-3-5-12(14)6-4-11/h3-6,10,13-14H,7-9H2,1-2H3. The zero-order valence-corrected chi connectivity index (χ0v) is 9.36. The van der Waals surface area contributed by atoms with Gasteiger partial charge in [0.15, 0.2) is 0 Å². The molecule has 0 aliphatic carbocycles. The number of benzene rings is 1. The van der Waals surface area contributed by atoms with Crippen LogP contribution in [0.1, 0.15) is 19.4 Å². The van der Waals surface area contributed by atoms with Gasteiger partial charge in [-0.25, -0.2) is 0 Å². The minimum Gasteiger partial charge on any atom is -0.508 e. The van der Waals surface area contributed by atoms with E-state index in [9.17, 15) is 0 Å². The lowest BCUT2D eigenvalue weighted by molar-refractivity contribution is 0.0807. The number of phenols is 1. The summed E-state index contributed by atoms with van der Waals surface area (Å²) in [7, 11) is 0. The van der Waals surface area contributed by atoms with E-state index in [2.05, 4.69) is 5.32 Å². The minimum absolute atomic E-state index is 0.292. The fourth-order valence-corrected chi connectivity index (χ4v) is 1.21. The van der Waals surface area contributed by atoms with Crippen molar-refractivity contribution in [3.8, 4) is 5.75 Å². The molecule has 0 unspecified atom stereocenters. The smallest absolute Gasteiger partial charge is 0.115 e. The molecule has 3 heteroatoms. The zero-order chi connectivity index (χ0) is 11.1. The maximum atomic E-state index is 9.09. The lowest BCUT2D eigenvalue weighted by atomic mass is 10.2. The molecule has 0 bridgehead atoms. The number of hydrogen-bond acceptors (Lipinski definition) is 3. The SMILES string of the molecule is CC(C)OCCNCc1ccc(O)cc1. The van der Waals surface area contributed by atoms with Crippen molar-refractivity contribution in [2.75, 3.05) is 13.2 Å². The fraction of sp³-hybridized carbons (Fsp3) is 0.500. The second-order valence-corrected chi connectivity index (χ2v) is 3.76. The van der Waals surface area contributed by atoms with Crippen molar-refractivity contribution in [1.29, 1.82) is 0 Å². The average Bonchev–Trinajstić information content (AvgIpc) is 2.20. The molecule has 3 nitrogen and oxygen atoms in total. The Morgan fingerprint density at radius 3 is 2.53 bits per heavy atom. The first-order chi connectivity index (χ1) is 7.18. The molecule has 1 aromatic carbocycles. The largest absolute Gasteiger partial charge is 0.508 e. The van der Waals surface area contributed by atoms with Gasteiger partial charge in [-0.05, 0) is 31.5 Å². The first-order valence-electron chi connectivity index (χ1n) is 5.28. The molecule has 0 fully saturated rings. The van der Waals surface area contributed by atoms with Crippen LogP contribution in [0, 0.1) is 0 Å². The van der Waals surface area contributed by atoms with E-state index >= 15 is 0 Å².